The molecule has 1 aromatic heterocycles. The van der Waals surface area contributed by atoms with Gasteiger partial charge in [-0.25, -0.2) is 5.43 Å². The average Bonchev–Trinajstić information content (AvgIpc) is 3.16. The van der Waals surface area contributed by atoms with Crippen molar-refractivity contribution < 1.29 is 18.9 Å². The number of benzene rings is 2. The van der Waals surface area contributed by atoms with Gasteiger partial charge >= 0.3 is 0 Å². The number of amides is 1. The molecule has 0 aliphatic carbocycles. The Balaban J connectivity index is 1.74. The monoisotopic (exact) mass is 379 g/mol. The summed E-state index contributed by atoms with van der Waals surface area (Å²) in [6.45, 7) is 1.93. The molecular weight excluding hydrogens is 362 g/mol. The Morgan fingerprint density at radius 1 is 1.18 bits per heavy atom. The van der Waals surface area contributed by atoms with Crippen molar-refractivity contribution in [3.63, 3.8) is 0 Å². The van der Waals surface area contributed by atoms with E-state index in [1.807, 2.05) is 19.1 Å². The van der Waals surface area contributed by atoms with E-state index in [1.165, 1.54) is 19.4 Å². The number of methoxy groups -OCH3 is 1. The highest BCUT2D eigenvalue weighted by molar-refractivity contribution is 5.94. The number of carbonyl (C=O) groups excluding carboxylic acids is 1. The zero-order valence-electron chi connectivity index (χ0n) is 15.2. The van der Waals surface area contributed by atoms with Gasteiger partial charge in [0, 0.05) is 5.56 Å². The van der Waals surface area contributed by atoms with Crippen LogP contribution in [0.25, 0.3) is 11.3 Å². The molecule has 0 radical (unpaired) electrons. The van der Waals surface area contributed by atoms with E-state index in [2.05, 4.69) is 10.5 Å². The molecule has 0 aliphatic rings. The van der Waals surface area contributed by atoms with Gasteiger partial charge < -0.3 is 9.15 Å². The van der Waals surface area contributed by atoms with Crippen LogP contribution in [0.2, 0.25) is 0 Å². The van der Waals surface area contributed by atoms with E-state index in [-0.39, 0.29) is 11.6 Å². The number of hydrogen-bond acceptors (Lipinski definition) is 6. The summed E-state index contributed by atoms with van der Waals surface area (Å²) in [5, 5.41) is 15.2. The third kappa shape index (κ3) is 4.24. The van der Waals surface area contributed by atoms with Crippen molar-refractivity contribution in [2.75, 3.05) is 7.11 Å². The highest BCUT2D eigenvalue weighted by atomic mass is 16.6. The molecular formula is C20H17N3O5. The fourth-order valence-corrected chi connectivity index (χ4v) is 2.49. The molecule has 28 heavy (non-hydrogen) atoms. The highest BCUT2D eigenvalue weighted by Crippen LogP contribution is 2.33. The second-order valence-electron chi connectivity index (χ2n) is 5.91. The van der Waals surface area contributed by atoms with Crippen molar-refractivity contribution in [3.05, 3.63) is 81.6 Å². The van der Waals surface area contributed by atoms with Crippen molar-refractivity contribution in [1.82, 2.24) is 5.43 Å². The summed E-state index contributed by atoms with van der Waals surface area (Å²) in [6, 6.07) is 14.8. The van der Waals surface area contributed by atoms with Gasteiger partial charge in [0.2, 0.25) is 0 Å². The largest absolute Gasteiger partial charge is 0.497 e. The van der Waals surface area contributed by atoms with E-state index in [1.54, 1.807) is 36.4 Å². The number of nitro benzene ring substituents is 1. The first-order valence-electron chi connectivity index (χ1n) is 8.30. The first kappa shape index (κ1) is 18.8. The van der Waals surface area contributed by atoms with Crippen LogP contribution in [0.3, 0.4) is 0 Å². The van der Waals surface area contributed by atoms with Crippen LogP contribution >= 0.6 is 0 Å². The first-order valence-corrected chi connectivity index (χ1v) is 8.30. The molecule has 142 valence electrons. The van der Waals surface area contributed by atoms with Gasteiger partial charge in [0.15, 0.2) is 0 Å². The van der Waals surface area contributed by atoms with Gasteiger partial charge in [0.25, 0.3) is 11.6 Å². The van der Waals surface area contributed by atoms with Crippen LogP contribution in [0.5, 0.6) is 5.75 Å². The topological polar surface area (TPSA) is 107 Å². The predicted molar refractivity (Wildman–Crippen MR) is 104 cm³/mol. The van der Waals surface area contributed by atoms with Crippen LogP contribution in [-0.4, -0.2) is 24.2 Å². The summed E-state index contributed by atoms with van der Waals surface area (Å²) in [6.07, 6.45) is 1.32. The second-order valence-corrected chi connectivity index (χ2v) is 5.91. The number of ether oxygens (including phenoxy) is 1. The summed E-state index contributed by atoms with van der Waals surface area (Å²) in [4.78, 5) is 22.8. The van der Waals surface area contributed by atoms with E-state index in [4.69, 9.17) is 9.15 Å². The van der Waals surface area contributed by atoms with Crippen LogP contribution < -0.4 is 10.2 Å². The van der Waals surface area contributed by atoms with Gasteiger partial charge in [-0.3, -0.25) is 14.9 Å². The molecule has 1 N–H and O–H groups in total. The number of nitro groups is 1. The smallest absolute Gasteiger partial charge is 0.284 e. The first-order chi connectivity index (χ1) is 13.5. The number of furan rings is 1. The third-order valence-corrected chi connectivity index (χ3v) is 3.97. The van der Waals surface area contributed by atoms with Gasteiger partial charge in [0.1, 0.15) is 17.3 Å². The number of rotatable bonds is 6. The third-order valence-electron chi connectivity index (χ3n) is 3.97. The molecule has 1 amide bonds. The number of nitrogens with zero attached hydrogens (tertiary/aromatic N) is 2. The zero-order chi connectivity index (χ0) is 20.1. The molecule has 0 spiro atoms. The van der Waals surface area contributed by atoms with Crippen LogP contribution in [0.15, 0.2) is 64.1 Å². The summed E-state index contributed by atoms with van der Waals surface area (Å²) in [7, 11) is 1.44. The fraction of sp³-hybridized carbons (Fsp3) is 0.100. The number of carbonyl (C=O) groups is 1. The Morgan fingerprint density at radius 2 is 1.93 bits per heavy atom. The highest BCUT2D eigenvalue weighted by Gasteiger charge is 2.19. The minimum atomic E-state index is -0.504. The van der Waals surface area contributed by atoms with Gasteiger partial charge in [-0.15, -0.1) is 0 Å². The van der Waals surface area contributed by atoms with Crippen LogP contribution in [0.4, 0.5) is 5.69 Å². The van der Waals surface area contributed by atoms with E-state index in [0.29, 0.717) is 28.4 Å². The lowest BCUT2D eigenvalue weighted by Crippen LogP contribution is -2.17. The van der Waals surface area contributed by atoms with Gasteiger partial charge in [-0.1, -0.05) is 17.7 Å². The van der Waals surface area contributed by atoms with E-state index in [0.717, 1.165) is 5.56 Å². The van der Waals surface area contributed by atoms with Crippen LogP contribution in [0.1, 0.15) is 21.7 Å². The minimum Gasteiger partial charge on any atom is -0.497 e. The molecule has 0 saturated carbocycles. The lowest BCUT2D eigenvalue weighted by Gasteiger charge is -2.03. The normalized spacial score (nSPS) is 10.8. The van der Waals surface area contributed by atoms with Gasteiger partial charge in [-0.05, 0) is 43.3 Å². The Bertz CT molecular complexity index is 1040. The fourth-order valence-electron chi connectivity index (χ4n) is 2.49. The Hall–Kier alpha value is -3.94. The van der Waals surface area contributed by atoms with Crippen molar-refractivity contribution in [3.8, 4) is 17.1 Å². The maximum Gasteiger partial charge on any atom is 0.284 e. The number of hydrazone groups is 1. The lowest BCUT2D eigenvalue weighted by atomic mass is 10.1. The van der Waals surface area contributed by atoms with Gasteiger partial charge in [0.05, 0.1) is 29.9 Å². The maximum absolute atomic E-state index is 12.0. The number of hydrogen-bond donors (Lipinski definition) is 1. The Morgan fingerprint density at radius 3 is 2.61 bits per heavy atom. The summed E-state index contributed by atoms with van der Waals surface area (Å²) in [5.74, 6) is 0.668. The molecule has 0 unspecified atom stereocenters. The Kier molecular flexibility index (Phi) is 5.50. The molecule has 0 fully saturated rings. The van der Waals surface area contributed by atoms with Crippen LogP contribution in [-0.2, 0) is 0 Å². The predicted octanol–water partition coefficient (Wildman–Crippen LogP) is 3.94. The van der Waals surface area contributed by atoms with E-state index in [9.17, 15) is 14.9 Å². The molecule has 0 atom stereocenters. The molecule has 0 saturated heterocycles. The van der Waals surface area contributed by atoms with Crippen molar-refractivity contribution >= 4 is 17.8 Å². The van der Waals surface area contributed by atoms with Crippen molar-refractivity contribution in [1.29, 1.82) is 0 Å². The van der Waals surface area contributed by atoms with E-state index >= 15 is 0 Å². The van der Waals surface area contributed by atoms with E-state index < -0.39 is 4.92 Å². The SMILES string of the molecule is COc1ccc(-c2ccc(/C=N\NC(=O)c3ccc(C)cc3)o2)c([N+](=O)[O-])c1. The van der Waals surface area contributed by atoms with Crippen molar-refractivity contribution in [2.24, 2.45) is 5.10 Å². The lowest BCUT2D eigenvalue weighted by molar-refractivity contribution is -0.384. The van der Waals surface area contributed by atoms with Crippen molar-refractivity contribution in [2.45, 2.75) is 6.92 Å². The average molecular weight is 379 g/mol. The molecule has 2 aromatic carbocycles. The number of nitrogens with one attached hydrogen (secondary N) is 1. The summed E-state index contributed by atoms with van der Waals surface area (Å²) in [5.41, 5.74) is 4.12. The molecule has 3 aromatic rings. The standard InChI is InChI=1S/C20H17N3O5/c1-13-3-5-14(6-4-13)20(24)22-21-12-16-8-10-19(28-16)17-9-7-15(27-2)11-18(17)23(25)26/h3-12H,1-2H3,(H,22,24)/b21-12-. The molecule has 8 heteroatoms. The summed E-state index contributed by atoms with van der Waals surface area (Å²) >= 11 is 0. The molecule has 3 rings (SSSR count). The molecule has 1 heterocycles. The molecule has 0 bridgehead atoms. The molecule has 0 aliphatic heterocycles. The van der Waals surface area contributed by atoms with Gasteiger partial charge in [-0.2, -0.15) is 5.10 Å². The summed E-state index contributed by atoms with van der Waals surface area (Å²) < 4.78 is 10.6. The molecule has 8 nitrogen and oxygen atoms in total. The van der Waals surface area contributed by atoms with Crippen LogP contribution in [0, 0.1) is 17.0 Å². The second kappa shape index (κ2) is 8.17. The maximum atomic E-state index is 12.0. The minimum absolute atomic E-state index is 0.134. The zero-order valence-corrected chi connectivity index (χ0v) is 15.2. The Labute approximate surface area is 160 Å². The number of aryl methyl sites for hydroxylation is 1. The quantitative estimate of drug-likeness (QED) is 0.397.